The molecule has 13 nitrogen and oxygen atoms in total. The van der Waals surface area contributed by atoms with E-state index < -0.39 is 73.1 Å². The Kier molecular flexibility index (Phi) is 11.3. The minimum atomic E-state index is -1.54. The topological polar surface area (TPSA) is 217 Å². The molecule has 0 bridgehead atoms. The van der Waals surface area contributed by atoms with Crippen LogP contribution in [-0.4, -0.2) is 76.5 Å². The van der Waals surface area contributed by atoms with Gasteiger partial charge in [-0.15, -0.1) is 0 Å². The molecule has 4 amide bonds. The smallest absolute Gasteiger partial charge is 0.326 e. The van der Waals surface area contributed by atoms with E-state index >= 15 is 0 Å². The first kappa shape index (κ1) is 27.8. The highest BCUT2D eigenvalue weighted by molar-refractivity contribution is 5.96. The number of nitrogens with one attached hydrogen (secondary N) is 4. The predicted molar refractivity (Wildman–Crippen MR) is 115 cm³/mol. The summed E-state index contributed by atoms with van der Waals surface area (Å²) in [4.78, 5) is 71.5. The van der Waals surface area contributed by atoms with Gasteiger partial charge >= 0.3 is 11.9 Å². The number of primary amides is 1. The highest BCUT2D eigenvalue weighted by Crippen LogP contribution is 2.10. The van der Waals surface area contributed by atoms with Crippen LogP contribution in [0.15, 0.2) is 0 Å². The van der Waals surface area contributed by atoms with Gasteiger partial charge in [0.1, 0.15) is 18.1 Å². The lowest BCUT2D eigenvalue weighted by Gasteiger charge is -2.25. The predicted octanol–water partition coefficient (Wildman–Crippen LogP) is -1.94. The Morgan fingerprint density at radius 2 is 1.58 bits per heavy atom. The largest absolute Gasteiger partial charge is 0.481 e. The van der Waals surface area contributed by atoms with Gasteiger partial charge in [0.2, 0.25) is 23.6 Å². The van der Waals surface area contributed by atoms with Crippen molar-refractivity contribution in [2.24, 2.45) is 11.7 Å². The van der Waals surface area contributed by atoms with Gasteiger partial charge in [-0.2, -0.15) is 0 Å². The molecule has 0 aliphatic carbocycles. The van der Waals surface area contributed by atoms with Gasteiger partial charge in [0.05, 0.1) is 12.5 Å². The van der Waals surface area contributed by atoms with Gasteiger partial charge in [-0.3, -0.25) is 24.0 Å². The maximum Gasteiger partial charge on any atom is 0.326 e. The lowest BCUT2D eigenvalue weighted by molar-refractivity contribution is -0.143. The van der Waals surface area contributed by atoms with E-state index in [0.29, 0.717) is 13.0 Å². The number of carboxylic acid groups (broad SMARTS) is 2. The number of carbonyl (C=O) groups is 6. The first-order chi connectivity index (χ1) is 15.4. The monoisotopic (exact) mass is 471 g/mol. The van der Waals surface area contributed by atoms with E-state index in [1.54, 1.807) is 0 Å². The second-order valence-electron chi connectivity index (χ2n) is 8.40. The fourth-order valence-electron chi connectivity index (χ4n) is 3.36. The second-order valence-corrected chi connectivity index (χ2v) is 8.40. The summed E-state index contributed by atoms with van der Waals surface area (Å²) in [5.41, 5.74) is 5.17. The fraction of sp³-hybridized carbons (Fsp3) is 0.700. The molecule has 4 atom stereocenters. The molecule has 33 heavy (non-hydrogen) atoms. The third-order valence-electron chi connectivity index (χ3n) is 5.02. The summed E-state index contributed by atoms with van der Waals surface area (Å²) in [5, 5.41) is 28.1. The van der Waals surface area contributed by atoms with Crippen molar-refractivity contribution in [2.75, 3.05) is 6.54 Å². The third kappa shape index (κ3) is 10.3. The summed E-state index contributed by atoms with van der Waals surface area (Å²) in [5.74, 6) is -5.73. The number of carbonyl (C=O) groups excluding carboxylic acids is 4. The van der Waals surface area contributed by atoms with E-state index in [4.69, 9.17) is 10.8 Å². The highest BCUT2D eigenvalue weighted by Gasteiger charge is 2.32. The van der Waals surface area contributed by atoms with Crippen molar-refractivity contribution in [3.63, 3.8) is 0 Å². The van der Waals surface area contributed by atoms with Gasteiger partial charge in [-0.25, -0.2) is 4.79 Å². The minimum Gasteiger partial charge on any atom is -0.481 e. The van der Waals surface area contributed by atoms with Crippen molar-refractivity contribution in [3.05, 3.63) is 0 Å². The van der Waals surface area contributed by atoms with Crippen LogP contribution in [0.1, 0.15) is 52.4 Å². The van der Waals surface area contributed by atoms with Crippen LogP contribution in [0, 0.1) is 5.92 Å². The zero-order valence-corrected chi connectivity index (χ0v) is 18.8. The molecule has 13 heteroatoms. The molecule has 186 valence electrons. The van der Waals surface area contributed by atoms with Gasteiger partial charge < -0.3 is 37.2 Å². The molecular formula is C20H33N5O8. The van der Waals surface area contributed by atoms with Crippen LogP contribution in [-0.2, 0) is 28.8 Å². The second kappa shape index (κ2) is 13.4. The van der Waals surface area contributed by atoms with Gasteiger partial charge in [0, 0.05) is 6.42 Å². The SMILES string of the molecule is CC(C)CC(NC(=O)C1CCCN1)C(=O)NC(CC(N)=O)C(=O)NC(CCC(=O)O)C(=O)O. The first-order valence-corrected chi connectivity index (χ1v) is 10.8. The van der Waals surface area contributed by atoms with Crippen LogP contribution in [0.25, 0.3) is 0 Å². The Hall–Kier alpha value is -3.22. The maximum atomic E-state index is 12.9. The molecule has 1 aliphatic heterocycles. The summed E-state index contributed by atoms with van der Waals surface area (Å²) >= 11 is 0. The normalized spacial score (nSPS) is 18.1. The summed E-state index contributed by atoms with van der Waals surface area (Å²) in [6, 6.07) is -4.47. The van der Waals surface area contributed by atoms with E-state index in [-0.39, 0.29) is 18.2 Å². The van der Waals surface area contributed by atoms with Crippen LogP contribution in [0.2, 0.25) is 0 Å². The quantitative estimate of drug-likeness (QED) is 0.150. The van der Waals surface area contributed by atoms with Crippen molar-refractivity contribution in [1.29, 1.82) is 0 Å². The molecule has 0 spiro atoms. The van der Waals surface area contributed by atoms with Crippen LogP contribution < -0.4 is 27.0 Å². The molecule has 0 saturated carbocycles. The lowest BCUT2D eigenvalue weighted by atomic mass is 10.0. The Morgan fingerprint density at radius 1 is 0.970 bits per heavy atom. The number of rotatable bonds is 14. The minimum absolute atomic E-state index is 0.00779. The molecule has 0 aromatic heterocycles. The molecule has 1 saturated heterocycles. The van der Waals surface area contributed by atoms with Gasteiger partial charge in [0.25, 0.3) is 0 Å². The molecular weight excluding hydrogens is 438 g/mol. The number of hydrogen-bond acceptors (Lipinski definition) is 7. The van der Waals surface area contributed by atoms with Crippen LogP contribution in [0.3, 0.4) is 0 Å². The summed E-state index contributed by atoms with van der Waals surface area (Å²) in [6.45, 7) is 4.37. The summed E-state index contributed by atoms with van der Waals surface area (Å²) in [6.07, 6.45) is 0.185. The van der Waals surface area contributed by atoms with Gasteiger partial charge in [-0.05, 0) is 38.1 Å². The number of hydrogen-bond donors (Lipinski definition) is 7. The van der Waals surface area contributed by atoms with Gasteiger partial charge in [0.15, 0.2) is 0 Å². The van der Waals surface area contributed by atoms with Crippen molar-refractivity contribution < 1.29 is 39.0 Å². The Bertz CT molecular complexity index is 751. The molecule has 1 heterocycles. The maximum absolute atomic E-state index is 12.9. The Balaban J connectivity index is 2.92. The summed E-state index contributed by atoms with van der Waals surface area (Å²) in [7, 11) is 0. The summed E-state index contributed by atoms with van der Waals surface area (Å²) < 4.78 is 0. The Morgan fingerprint density at radius 3 is 2.06 bits per heavy atom. The molecule has 1 fully saturated rings. The molecule has 0 aromatic rings. The zero-order chi connectivity index (χ0) is 25.1. The highest BCUT2D eigenvalue weighted by atomic mass is 16.4. The standard InChI is InChI=1S/C20H33N5O8/c1-10(2)8-13(24-17(29)11-4-3-7-22-11)18(30)25-14(9-15(21)26)19(31)23-12(20(32)33)5-6-16(27)28/h10-14,22H,3-9H2,1-2H3,(H2,21,26)(H,23,31)(H,24,29)(H,25,30)(H,27,28)(H,32,33). The van der Waals surface area contributed by atoms with Crippen molar-refractivity contribution in [2.45, 2.75) is 76.5 Å². The van der Waals surface area contributed by atoms with Crippen molar-refractivity contribution in [3.8, 4) is 0 Å². The number of nitrogens with two attached hydrogens (primary N) is 1. The van der Waals surface area contributed by atoms with E-state index in [2.05, 4.69) is 21.3 Å². The lowest BCUT2D eigenvalue weighted by Crippen LogP contribution is -2.58. The van der Waals surface area contributed by atoms with E-state index in [0.717, 1.165) is 6.42 Å². The Labute approximate surface area is 191 Å². The zero-order valence-electron chi connectivity index (χ0n) is 18.8. The third-order valence-corrected chi connectivity index (χ3v) is 5.02. The van der Waals surface area contributed by atoms with Gasteiger partial charge in [-0.1, -0.05) is 13.8 Å². The average Bonchev–Trinajstić information content (AvgIpc) is 3.23. The number of amides is 4. The van der Waals surface area contributed by atoms with E-state index in [1.165, 1.54) is 0 Å². The van der Waals surface area contributed by atoms with Crippen LogP contribution in [0.5, 0.6) is 0 Å². The van der Waals surface area contributed by atoms with E-state index in [1.807, 2.05) is 13.8 Å². The average molecular weight is 472 g/mol. The fourth-order valence-corrected chi connectivity index (χ4v) is 3.36. The van der Waals surface area contributed by atoms with Crippen molar-refractivity contribution >= 4 is 35.6 Å². The molecule has 4 unspecified atom stereocenters. The molecule has 1 rings (SSSR count). The van der Waals surface area contributed by atoms with Crippen LogP contribution in [0.4, 0.5) is 0 Å². The molecule has 0 aromatic carbocycles. The van der Waals surface area contributed by atoms with Crippen molar-refractivity contribution in [1.82, 2.24) is 21.3 Å². The molecule has 1 aliphatic rings. The number of carboxylic acids is 2. The van der Waals surface area contributed by atoms with Crippen LogP contribution >= 0.6 is 0 Å². The van der Waals surface area contributed by atoms with E-state index in [9.17, 15) is 33.9 Å². The molecule has 8 N–H and O–H groups in total. The number of aliphatic carboxylic acids is 2. The first-order valence-electron chi connectivity index (χ1n) is 10.8. The molecule has 0 radical (unpaired) electrons.